The number of halogens is 3. The highest BCUT2D eigenvalue weighted by molar-refractivity contribution is 8.01. The molecule has 0 unspecified atom stereocenters. The van der Waals surface area contributed by atoms with E-state index < -0.39 is 12.3 Å². The second-order valence-electron chi connectivity index (χ2n) is 6.58. The molecule has 1 heterocycles. The Morgan fingerprint density at radius 1 is 1.34 bits per heavy atom. The maximum Gasteiger partial charge on any atom is 0.512 e. The summed E-state index contributed by atoms with van der Waals surface area (Å²) in [5, 5.41) is 21.6. The number of aliphatic hydroxyl groups excluding tert-OH is 1. The van der Waals surface area contributed by atoms with E-state index in [1.807, 2.05) is 24.3 Å². The highest BCUT2D eigenvalue weighted by Gasteiger charge is 2.39. The van der Waals surface area contributed by atoms with Gasteiger partial charge in [-0.15, -0.1) is 22.9 Å². The molecule has 1 fully saturated rings. The molecule has 1 aliphatic rings. The van der Waals surface area contributed by atoms with Gasteiger partial charge in [0.1, 0.15) is 0 Å². The zero-order chi connectivity index (χ0) is 21.0. The minimum Gasteiger partial charge on any atom is -0.449 e. The number of aliphatic hydroxyl groups is 1. The Bertz CT molecular complexity index is 872. The lowest BCUT2D eigenvalue weighted by atomic mass is 9.91. The molecule has 0 saturated heterocycles. The first-order valence-corrected chi connectivity index (χ1v) is 11.8. The Hall–Kier alpha value is -0.960. The number of nitrogens with zero attached hydrogens (tertiary/aromatic N) is 1. The van der Waals surface area contributed by atoms with Crippen LogP contribution in [0.1, 0.15) is 18.4 Å². The first-order chi connectivity index (χ1) is 13.8. The first kappa shape index (κ1) is 22.7. The van der Waals surface area contributed by atoms with Crippen LogP contribution in [-0.2, 0) is 0 Å². The quantitative estimate of drug-likeness (QED) is 0.267. The number of ether oxygens (including phenoxy) is 1. The molecule has 10 heteroatoms. The van der Waals surface area contributed by atoms with Crippen LogP contribution in [0.25, 0.3) is 6.08 Å². The van der Waals surface area contributed by atoms with Gasteiger partial charge in [0.2, 0.25) is 5.88 Å². The smallest absolute Gasteiger partial charge is 0.449 e. The van der Waals surface area contributed by atoms with E-state index in [1.54, 1.807) is 11.4 Å². The standard InChI is InChI=1S/C19H18Cl3NO4S2/c20-11-5-10(6-12(21)7-11)1-2-14-13(15(22)8-16(14)24)3-4-28-18-23-17(9-29-18)27-19(25)26/h1-2,5-7,9,13-16,24H,3-4,8H2,(H,25,26)/t13-,14-,15-,16-/m1/s1. The molecular weight excluding hydrogens is 477 g/mol. The summed E-state index contributed by atoms with van der Waals surface area (Å²) in [6.45, 7) is 0. The average Bonchev–Trinajstić information content (AvgIpc) is 3.16. The van der Waals surface area contributed by atoms with Crippen molar-refractivity contribution in [3.63, 3.8) is 0 Å². The molecule has 0 bridgehead atoms. The molecule has 1 aromatic carbocycles. The molecule has 2 aromatic rings. The maximum absolute atomic E-state index is 10.5. The fourth-order valence-electron chi connectivity index (χ4n) is 3.36. The van der Waals surface area contributed by atoms with Gasteiger partial charge in [-0.1, -0.05) is 47.1 Å². The SMILES string of the molecule is O=C(O)Oc1csc(SCC[C@@H]2[C@@H](C=Cc3cc(Cl)cc(Cl)c3)[C@H](O)C[C@H]2Cl)n1. The van der Waals surface area contributed by atoms with E-state index in [2.05, 4.69) is 9.72 Å². The summed E-state index contributed by atoms with van der Waals surface area (Å²) < 4.78 is 5.26. The Morgan fingerprint density at radius 3 is 2.76 bits per heavy atom. The Morgan fingerprint density at radius 2 is 2.07 bits per heavy atom. The highest BCUT2D eigenvalue weighted by Crippen LogP contribution is 2.41. The molecule has 0 aliphatic heterocycles. The predicted octanol–water partition coefficient (Wildman–Crippen LogP) is 6.31. The largest absolute Gasteiger partial charge is 0.512 e. The number of thiazole rings is 1. The first-order valence-electron chi connectivity index (χ1n) is 8.77. The lowest BCUT2D eigenvalue weighted by Gasteiger charge is -2.20. The Balaban J connectivity index is 1.60. The average molecular weight is 495 g/mol. The van der Waals surface area contributed by atoms with Gasteiger partial charge in [0.05, 0.1) is 11.5 Å². The monoisotopic (exact) mass is 493 g/mol. The Labute approximate surface area is 191 Å². The van der Waals surface area contributed by atoms with E-state index >= 15 is 0 Å². The van der Waals surface area contributed by atoms with E-state index in [4.69, 9.17) is 39.9 Å². The number of rotatable bonds is 7. The third kappa shape index (κ3) is 6.51. The number of thioether (sulfide) groups is 1. The van der Waals surface area contributed by atoms with Gasteiger partial charge in [0.25, 0.3) is 0 Å². The van der Waals surface area contributed by atoms with Crippen molar-refractivity contribution < 1.29 is 19.7 Å². The molecule has 0 amide bonds. The molecule has 3 rings (SSSR count). The molecule has 1 saturated carbocycles. The molecule has 0 spiro atoms. The van der Waals surface area contributed by atoms with Crippen LogP contribution in [0, 0.1) is 11.8 Å². The third-order valence-corrected chi connectivity index (χ3v) is 7.57. The van der Waals surface area contributed by atoms with E-state index in [0.29, 0.717) is 16.5 Å². The van der Waals surface area contributed by atoms with Crippen molar-refractivity contribution in [1.82, 2.24) is 4.98 Å². The summed E-state index contributed by atoms with van der Waals surface area (Å²) in [5.74, 6) is 0.865. The second kappa shape index (κ2) is 10.4. The van der Waals surface area contributed by atoms with Crippen molar-refractivity contribution in [3.8, 4) is 5.88 Å². The van der Waals surface area contributed by atoms with E-state index in [9.17, 15) is 9.90 Å². The summed E-state index contributed by atoms with van der Waals surface area (Å²) in [5.41, 5.74) is 0.870. The highest BCUT2D eigenvalue weighted by atomic mass is 35.5. The summed E-state index contributed by atoms with van der Waals surface area (Å²) in [6, 6.07) is 5.30. The minimum atomic E-state index is -1.38. The van der Waals surface area contributed by atoms with E-state index in [0.717, 1.165) is 22.1 Å². The van der Waals surface area contributed by atoms with Gasteiger partial charge in [-0.2, -0.15) is 4.98 Å². The van der Waals surface area contributed by atoms with Crippen molar-refractivity contribution in [1.29, 1.82) is 0 Å². The summed E-state index contributed by atoms with van der Waals surface area (Å²) in [6.07, 6.45) is 3.33. The number of hydrogen-bond donors (Lipinski definition) is 2. The fraction of sp³-hybridized carbons (Fsp3) is 0.368. The van der Waals surface area contributed by atoms with Crippen molar-refractivity contribution in [2.24, 2.45) is 11.8 Å². The zero-order valence-corrected chi connectivity index (χ0v) is 18.9. The normalized spacial score (nSPS) is 24.3. The number of hydrogen-bond acceptors (Lipinski definition) is 6. The molecule has 1 aliphatic carbocycles. The van der Waals surface area contributed by atoms with Crippen LogP contribution >= 0.6 is 57.9 Å². The number of aromatic nitrogens is 1. The Kier molecular flexibility index (Phi) is 8.13. The predicted molar refractivity (Wildman–Crippen MR) is 119 cm³/mol. The van der Waals surface area contributed by atoms with Crippen molar-refractivity contribution >= 4 is 70.1 Å². The molecule has 0 radical (unpaired) electrons. The summed E-state index contributed by atoms with van der Waals surface area (Å²) in [4.78, 5) is 14.7. The van der Waals surface area contributed by atoms with Gasteiger partial charge in [-0.3, -0.25) is 0 Å². The van der Waals surface area contributed by atoms with Crippen LogP contribution in [0.5, 0.6) is 5.88 Å². The van der Waals surface area contributed by atoms with E-state index in [1.165, 1.54) is 23.1 Å². The van der Waals surface area contributed by atoms with E-state index in [-0.39, 0.29) is 23.1 Å². The van der Waals surface area contributed by atoms with Gasteiger partial charge < -0.3 is 14.9 Å². The molecule has 156 valence electrons. The van der Waals surface area contributed by atoms with Crippen molar-refractivity contribution in [2.45, 2.75) is 28.7 Å². The second-order valence-corrected chi connectivity index (χ2v) is 10.2. The topological polar surface area (TPSA) is 79.7 Å². The molecule has 29 heavy (non-hydrogen) atoms. The molecular formula is C19H18Cl3NO4S2. The van der Waals surface area contributed by atoms with Gasteiger partial charge in [-0.05, 0) is 42.5 Å². The van der Waals surface area contributed by atoms with Crippen molar-refractivity contribution in [3.05, 3.63) is 45.3 Å². The third-order valence-electron chi connectivity index (χ3n) is 4.60. The fourth-order valence-corrected chi connectivity index (χ4v) is 6.21. The van der Waals surface area contributed by atoms with Crippen molar-refractivity contribution in [2.75, 3.05) is 5.75 Å². The number of alkyl halides is 1. The van der Waals surface area contributed by atoms with Crippen LogP contribution in [0.4, 0.5) is 4.79 Å². The molecule has 5 nitrogen and oxygen atoms in total. The molecule has 4 atom stereocenters. The number of carbonyl (C=O) groups is 1. The van der Waals surface area contributed by atoms with Gasteiger partial charge in [0.15, 0.2) is 4.34 Å². The maximum atomic E-state index is 10.5. The zero-order valence-electron chi connectivity index (χ0n) is 15.0. The van der Waals surface area contributed by atoms with Crippen LogP contribution in [0.2, 0.25) is 10.0 Å². The van der Waals surface area contributed by atoms with Crippen LogP contribution in [-0.4, -0.2) is 38.6 Å². The minimum absolute atomic E-state index is 0.0712. The number of carboxylic acid groups (broad SMARTS) is 1. The lowest BCUT2D eigenvalue weighted by Crippen LogP contribution is -2.19. The van der Waals surface area contributed by atoms with Gasteiger partial charge >= 0.3 is 6.16 Å². The molecule has 2 N–H and O–H groups in total. The summed E-state index contributed by atoms with van der Waals surface area (Å²) in [7, 11) is 0. The van der Waals surface area contributed by atoms with Crippen LogP contribution in [0.15, 0.2) is 34.0 Å². The van der Waals surface area contributed by atoms with Crippen LogP contribution in [0.3, 0.4) is 0 Å². The summed E-state index contributed by atoms with van der Waals surface area (Å²) >= 11 is 21.4. The van der Waals surface area contributed by atoms with Gasteiger partial charge in [-0.25, -0.2) is 4.79 Å². The lowest BCUT2D eigenvalue weighted by molar-refractivity contribution is 0.141. The number of benzene rings is 1. The van der Waals surface area contributed by atoms with Gasteiger partial charge in [0, 0.05) is 27.1 Å². The molecule has 1 aromatic heterocycles. The van der Waals surface area contributed by atoms with Crippen LogP contribution < -0.4 is 4.74 Å².